The number of hydrogen-bond donors (Lipinski definition) is 1. The number of aliphatic hydroxyl groups is 1. The van der Waals surface area contributed by atoms with Gasteiger partial charge in [0.05, 0.1) is 6.10 Å². The highest BCUT2D eigenvalue weighted by molar-refractivity contribution is 6.74. The molecule has 2 rings (SSSR count). The lowest BCUT2D eigenvalue weighted by Gasteiger charge is -2.47. The normalized spacial score (nSPS) is 33.7. The van der Waals surface area contributed by atoms with Gasteiger partial charge in [0.15, 0.2) is 20.4 Å². The van der Waals surface area contributed by atoms with E-state index in [1.165, 1.54) is 0 Å². The average molecular weight is 343 g/mol. The summed E-state index contributed by atoms with van der Waals surface area (Å²) in [6.07, 6.45) is 5.12. The van der Waals surface area contributed by atoms with E-state index < -0.39 is 14.1 Å². The zero-order chi connectivity index (χ0) is 17.3. The van der Waals surface area contributed by atoms with Crippen LogP contribution in [0.3, 0.4) is 0 Å². The third kappa shape index (κ3) is 4.66. The van der Waals surface area contributed by atoms with Gasteiger partial charge in [0, 0.05) is 13.0 Å². The van der Waals surface area contributed by atoms with Crippen LogP contribution in [-0.4, -0.2) is 38.2 Å². The summed E-state index contributed by atoms with van der Waals surface area (Å²) >= 11 is 0. The Morgan fingerprint density at radius 3 is 2.52 bits per heavy atom. The second-order valence-electron chi connectivity index (χ2n) is 8.55. The van der Waals surface area contributed by atoms with Crippen LogP contribution >= 0.6 is 0 Å². The molecule has 2 aliphatic rings. The topological polar surface area (TPSA) is 47.9 Å². The van der Waals surface area contributed by atoms with Crippen LogP contribution in [0.4, 0.5) is 0 Å². The Labute approximate surface area is 142 Å². The van der Waals surface area contributed by atoms with E-state index in [1.807, 2.05) is 0 Å². The van der Waals surface area contributed by atoms with Crippen molar-refractivity contribution in [3.63, 3.8) is 0 Å². The minimum Gasteiger partial charge on any atom is -0.387 e. The molecule has 1 aliphatic heterocycles. The van der Waals surface area contributed by atoms with Crippen molar-refractivity contribution in [3.05, 3.63) is 12.2 Å². The lowest BCUT2D eigenvalue weighted by atomic mass is 9.88. The zero-order valence-electron chi connectivity index (χ0n) is 15.5. The lowest BCUT2D eigenvalue weighted by molar-refractivity contribution is -0.222. The van der Waals surface area contributed by atoms with E-state index >= 15 is 0 Å². The molecule has 4 nitrogen and oxygen atoms in total. The highest BCUT2D eigenvalue weighted by Gasteiger charge is 2.48. The molecule has 0 bridgehead atoms. The Kier molecular flexibility index (Phi) is 5.79. The van der Waals surface area contributed by atoms with Gasteiger partial charge < -0.3 is 19.0 Å². The first-order chi connectivity index (χ1) is 10.5. The summed E-state index contributed by atoms with van der Waals surface area (Å²) in [4.78, 5) is 0. The predicted molar refractivity (Wildman–Crippen MR) is 94.7 cm³/mol. The Bertz CT molecular complexity index is 423. The van der Waals surface area contributed by atoms with E-state index in [0.29, 0.717) is 6.42 Å². The number of ether oxygens (including phenoxy) is 2. The summed E-state index contributed by atoms with van der Waals surface area (Å²) in [7, 11) is -2.09. The van der Waals surface area contributed by atoms with E-state index in [1.54, 1.807) is 0 Å². The molecule has 1 heterocycles. The maximum absolute atomic E-state index is 11.1. The smallest absolute Gasteiger partial charge is 0.196 e. The molecule has 1 saturated carbocycles. The van der Waals surface area contributed by atoms with Gasteiger partial charge in [-0.05, 0) is 55.8 Å². The van der Waals surface area contributed by atoms with E-state index in [9.17, 15) is 5.11 Å². The summed E-state index contributed by atoms with van der Waals surface area (Å²) in [5, 5.41) is 11.2. The van der Waals surface area contributed by atoms with Crippen LogP contribution in [0.5, 0.6) is 0 Å². The molecule has 0 amide bonds. The van der Waals surface area contributed by atoms with Crippen LogP contribution in [0.1, 0.15) is 59.3 Å². The highest BCUT2D eigenvalue weighted by Crippen LogP contribution is 2.44. The van der Waals surface area contributed by atoms with Crippen molar-refractivity contribution in [2.75, 3.05) is 6.61 Å². The molecule has 1 N–H and O–H groups in total. The van der Waals surface area contributed by atoms with Crippen molar-refractivity contribution in [1.29, 1.82) is 0 Å². The van der Waals surface area contributed by atoms with Crippen LogP contribution in [0.15, 0.2) is 12.2 Å². The molecule has 1 saturated heterocycles. The van der Waals surface area contributed by atoms with Crippen molar-refractivity contribution < 1.29 is 19.0 Å². The Morgan fingerprint density at radius 1 is 1.26 bits per heavy atom. The molecule has 0 aromatic carbocycles. The van der Waals surface area contributed by atoms with E-state index in [0.717, 1.165) is 44.3 Å². The SMILES string of the molecule is C=C1CCC(OC2CCCCO2)CC1(O)O[Si](C)(C)C(C)(C)C. The number of rotatable bonds is 4. The highest BCUT2D eigenvalue weighted by atomic mass is 28.4. The van der Waals surface area contributed by atoms with Crippen molar-refractivity contribution in [2.24, 2.45) is 0 Å². The minimum absolute atomic E-state index is 0.0293. The molecule has 5 heteroatoms. The summed E-state index contributed by atoms with van der Waals surface area (Å²) in [5.41, 5.74) is 0.784. The van der Waals surface area contributed by atoms with E-state index in [2.05, 4.69) is 40.4 Å². The van der Waals surface area contributed by atoms with Crippen LogP contribution in [0.25, 0.3) is 0 Å². The van der Waals surface area contributed by atoms with Gasteiger partial charge in [-0.1, -0.05) is 27.4 Å². The van der Waals surface area contributed by atoms with Gasteiger partial charge in [-0.15, -0.1) is 0 Å². The van der Waals surface area contributed by atoms with Crippen LogP contribution in [-0.2, 0) is 13.9 Å². The van der Waals surface area contributed by atoms with Crippen LogP contribution in [0, 0.1) is 0 Å². The first-order valence-electron chi connectivity index (χ1n) is 8.91. The minimum atomic E-state index is -2.09. The summed E-state index contributed by atoms with van der Waals surface area (Å²) < 4.78 is 18.1. The molecule has 0 aromatic heterocycles. The molecular weight excluding hydrogens is 308 g/mol. The fraction of sp³-hybridized carbons (Fsp3) is 0.889. The van der Waals surface area contributed by atoms with Crippen molar-refractivity contribution in [1.82, 2.24) is 0 Å². The molecular formula is C18H34O4Si. The molecule has 1 aliphatic carbocycles. The van der Waals surface area contributed by atoms with Gasteiger partial charge in [-0.25, -0.2) is 0 Å². The van der Waals surface area contributed by atoms with E-state index in [-0.39, 0.29) is 17.4 Å². The molecule has 2 fully saturated rings. The molecule has 23 heavy (non-hydrogen) atoms. The Balaban J connectivity index is 2.02. The maximum atomic E-state index is 11.1. The van der Waals surface area contributed by atoms with Gasteiger partial charge in [-0.3, -0.25) is 0 Å². The van der Waals surface area contributed by atoms with Gasteiger partial charge in [-0.2, -0.15) is 0 Å². The molecule has 0 radical (unpaired) electrons. The zero-order valence-corrected chi connectivity index (χ0v) is 16.5. The van der Waals surface area contributed by atoms with Crippen molar-refractivity contribution in [2.45, 2.75) is 95.6 Å². The quantitative estimate of drug-likeness (QED) is 0.469. The van der Waals surface area contributed by atoms with Gasteiger partial charge in [0.25, 0.3) is 0 Å². The van der Waals surface area contributed by atoms with Crippen LogP contribution in [0.2, 0.25) is 18.1 Å². The van der Waals surface area contributed by atoms with Crippen LogP contribution < -0.4 is 0 Å². The molecule has 3 atom stereocenters. The average Bonchev–Trinajstić information content (AvgIpc) is 2.42. The first kappa shape index (κ1) is 19.1. The largest absolute Gasteiger partial charge is 0.387 e. The second kappa shape index (κ2) is 6.96. The Morgan fingerprint density at radius 2 is 1.96 bits per heavy atom. The molecule has 0 spiro atoms. The van der Waals surface area contributed by atoms with Crippen molar-refractivity contribution in [3.8, 4) is 0 Å². The number of hydrogen-bond acceptors (Lipinski definition) is 4. The summed E-state index contributed by atoms with van der Waals surface area (Å²) in [6.45, 7) is 15.7. The third-order valence-corrected chi connectivity index (χ3v) is 10.00. The second-order valence-corrected chi connectivity index (χ2v) is 13.3. The monoisotopic (exact) mass is 342 g/mol. The third-order valence-electron chi connectivity index (χ3n) is 5.54. The maximum Gasteiger partial charge on any atom is 0.196 e. The standard InChI is InChI=1S/C18H34O4Si/c1-14-10-11-15(21-16-9-7-8-12-20-16)13-18(14,19)22-23(5,6)17(2,3)4/h15-16,19H,1,7-13H2,2-6H3. The Hall–Kier alpha value is -0.203. The fourth-order valence-electron chi connectivity index (χ4n) is 2.92. The van der Waals surface area contributed by atoms with Gasteiger partial charge >= 0.3 is 0 Å². The first-order valence-corrected chi connectivity index (χ1v) is 11.8. The lowest BCUT2D eigenvalue weighted by Crippen LogP contribution is -2.53. The molecule has 134 valence electrons. The fourth-order valence-corrected chi connectivity index (χ4v) is 4.30. The van der Waals surface area contributed by atoms with Gasteiger partial charge in [0.1, 0.15) is 0 Å². The molecule has 3 unspecified atom stereocenters. The summed E-state index contributed by atoms with van der Waals surface area (Å²) in [6, 6.07) is 0. The predicted octanol–water partition coefficient (Wildman–Crippen LogP) is 4.35. The van der Waals surface area contributed by atoms with Crippen molar-refractivity contribution >= 4 is 8.32 Å². The van der Waals surface area contributed by atoms with E-state index in [4.69, 9.17) is 13.9 Å². The molecule has 0 aromatic rings. The van der Waals surface area contributed by atoms with Gasteiger partial charge in [0.2, 0.25) is 0 Å². The summed E-state index contributed by atoms with van der Waals surface area (Å²) in [5.74, 6) is -1.26.